The zero-order chi connectivity index (χ0) is 24.0. The molecule has 2 aromatic heterocycles. The van der Waals surface area contributed by atoms with Crippen molar-refractivity contribution in [3.63, 3.8) is 0 Å². The maximum atomic E-state index is 13.5. The lowest BCUT2D eigenvalue weighted by molar-refractivity contribution is -0.138. The number of pyridine rings is 2. The third-order valence-corrected chi connectivity index (χ3v) is 4.35. The quantitative estimate of drug-likeness (QED) is 0.528. The average molecular weight is 460 g/mol. The topological polar surface area (TPSA) is 116 Å². The summed E-state index contributed by atoms with van der Waals surface area (Å²) in [5, 5.41) is 2.53. The lowest BCUT2D eigenvalue weighted by Gasteiger charge is -2.16. The van der Waals surface area contributed by atoms with Crippen LogP contribution >= 0.6 is 0 Å². The Morgan fingerprint density at radius 2 is 1.82 bits per heavy atom. The first-order valence-electron chi connectivity index (χ1n) is 9.65. The summed E-state index contributed by atoms with van der Waals surface area (Å²) in [5.74, 6) is -0.903. The number of halogens is 3. The Hall–Kier alpha value is -4.15. The zero-order valence-electron chi connectivity index (χ0n) is 17.3. The zero-order valence-corrected chi connectivity index (χ0v) is 17.3. The highest BCUT2D eigenvalue weighted by atomic mass is 19.4. The highest BCUT2D eigenvalue weighted by molar-refractivity contribution is 6.04. The molecule has 0 saturated heterocycles. The van der Waals surface area contributed by atoms with E-state index in [9.17, 15) is 22.8 Å². The number of nitrogens with one attached hydrogen (secondary N) is 1. The van der Waals surface area contributed by atoms with Gasteiger partial charge in [0.25, 0.3) is 5.91 Å². The van der Waals surface area contributed by atoms with Gasteiger partial charge >= 0.3 is 6.18 Å². The smallest absolute Gasteiger partial charge is 0.416 e. The van der Waals surface area contributed by atoms with Gasteiger partial charge in [0.15, 0.2) is 0 Å². The molecule has 172 valence electrons. The Morgan fingerprint density at radius 1 is 1.03 bits per heavy atom. The van der Waals surface area contributed by atoms with E-state index < -0.39 is 30.2 Å². The fraction of sp³-hybridized carbons (Fsp3) is 0.182. The van der Waals surface area contributed by atoms with Crippen molar-refractivity contribution >= 4 is 17.5 Å². The number of hydrogen-bond donors (Lipinski definition) is 2. The van der Waals surface area contributed by atoms with Crippen LogP contribution in [-0.2, 0) is 12.8 Å². The van der Waals surface area contributed by atoms with Gasteiger partial charge in [0.2, 0.25) is 11.8 Å². The van der Waals surface area contributed by atoms with Gasteiger partial charge in [-0.1, -0.05) is 0 Å². The number of amides is 2. The predicted molar refractivity (Wildman–Crippen MR) is 112 cm³/mol. The Labute approximate surface area is 186 Å². The van der Waals surface area contributed by atoms with Crippen molar-refractivity contribution in [2.75, 3.05) is 11.9 Å². The monoisotopic (exact) mass is 460 g/mol. The number of nitrogens with two attached hydrogens (primary N) is 1. The lowest BCUT2D eigenvalue weighted by atomic mass is 10.1. The molecule has 0 spiro atoms. The van der Waals surface area contributed by atoms with E-state index in [1.807, 2.05) is 0 Å². The number of rotatable bonds is 8. The van der Waals surface area contributed by atoms with Crippen LogP contribution in [0.2, 0.25) is 0 Å². The highest BCUT2D eigenvalue weighted by Crippen LogP contribution is 2.34. The van der Waals surface area contributed by atoms with E-state index in [1.165, 1.54) is 36.8 Å². The fourth-order valence-electron chi connectivity index (χ4n) is 2.81. The molecule has 2 amide bonds. The molecule has 0 fully saturated rings. The predicted octanol–water partition coefficient (Wildman–Crippen LogP) is 3.82. The fourth-order valence-corrected chi connectivity index (χ4v) is 2.81. The molecule has 0 radical (unpaired) electrons. The Balaban J connectivity index is 1.80. The van der Waals surface area contributed by atoms with E-state index in [-0.39, 0.29) is 28.1 Å². The summed E-state index contributed by atoms with van der Waals surface area (Å²) >= 11 is 0. The molecule has 11 heteroatoms. The standard InChI is InChI=1S/C22H19F3N4O4/c1-2-32-19-6-3-13(10-28-19)21(31)29-16-4-5-18(22(23,24)25)15(7-16)12-33-17-8-14(20(26)30)9-27-11-17/h3-11H,2,12H2,1H3,(H2,26,30)(H,29,31). The second-order valence-corrected chi connectivity index (χ2v) is 6.70. The van der Waals surface area contributed by atoms with Crippen LogP contribution in [0.25, 0.3) is 0 Å². The van der Waals surface area contributed by atoms with Gasteiger partial charge in [-0.15, -0.1) is 0 Å². The molecule has 0 unspecified atom stereocenters. The number of primary amides is 1. The number of aromatic nitrogens is 2. The number of alkyl halides is 3. The molecule has 0 saturated carbocycles. The molecule has 0 atom stereocenters. The van der Waals surface area contributed by atoms with E-state index in [4.69, 9.17) is 15.2 Å². The normalized spacial score (nSPS) is 11.0. The van der Waals surface area contributed by atoms with Crippen molar-refractivity contribution in [2.45, 2.75) is 19.7 Å². The number of benzene rings is 1. The first-order chi connectivity index (χ1) is 15.7. The summed E-state index contributed by atoms with van der Waals surface area (Å²) in [6.07, 6.45) is -0.896. The number of ether oxygens (including phenoxy) is 2. The highest BCUT2D eigenvalue weighted by Gasteiger charge is 2.33. The van der Waals surface area contributed by atoms with Crippen LogP contribution in [0, 0.1) is 0 Å². The maximum Gasteiger partial charge on any atom is 0.416 e. The second-order valence-electron chi connectivity index (χ2n) is 6.70. The van der Waals surface area contributed by atoms with Crippen molar-refractivity contribution in [3.05, 3.63) is 77.2 Å². The van der Waals surface area contributed by atoms with Crippen LogP contribution in [0.15, 0.2) is 55.0 Å². The van der Waals surface area contributed by atoms with Gasteiger partial charge in [-0.05, 0) is 37.3 Å². The van der Waals surface area contributed by atoms with E-state index >= 15 is 0 Å². The van der Waals surface area contributed by atoms with E-state index in [0.29, 0.717) is 12.5 Å². The number of hydrogen-bond acceptors (Lipinski definition) is 6. The van der Waals surface area contributed by atoms with Crippen LogP contribution in [-0.4, -0.2) is 28.4 Å². The van der Waals surface area contributed by atoms with Gasteiger partial charge in [-0.2, -0.15) is 13.2 Å². The molecule has 1 aromatic carbocycles. The molecule has 3 aromatic rings. The molecule has 33 heavy (non-hydrogen) atoms. The molecular weight excluding hydrogens is 441 g/mol. The van der Waals surface area contributed by atoms with E-state index in [0.717, 1.165) is 18.2 Å². The first-order valence-corrected chi connectivity index (χ1v) is 9.65. The second kappa shape index (κ2) is 9.98. The summed E-state index contributed by atoms with van der Waals surface area (Å²) in [7, 11) is 0. The summed E-state index contributed by atoms with van der Waals surface area (Å²) in [5.41, 5.74) is 4.40. The molecule has 2 heterocycles. The van der Waals surface area contributed by atoms with Crippen molar-refractivity contribution in [2.24, 2.45) is 5.73 Å². The van der Waals surface area contributed by atoms with Crippen molar-refractivity contribution in [3.8, 4) is 11.6 Å². The van der Waals surface area contributed by atoms with E-state index in [2.05, 4.69) is 15.3 Å². The Morgan fingerprint density at radius 3 is 2.45 bits per heavy atom. The van der Waals surface area contributed by atoms with Gasteiger partial charge in [0.1, 0.15) is 12.4 Å². The van der Waals surface area contributed by atoms with Crippen molar-refractivity contribution in [1.29, 1.82) is 0 Å². The minimum Gasteiger partial charge on any atom is -0.487 e. The third-order valence-electron chi connectivity index (χ3n) is 4.35. The van der Waals surface area contributed by atoms with Gasteiger partial charge in [-0.25, -0.2) is 4.98 Å². The van der Waals surface area contributed by atoms with Gasteiger partial charge < -0.3 is 20.5 Å². The van der Waals surface area contributed by atoms with Crippen LogP contribution in [0.4, 0.5) is 18.9 Å². The molecule has 0 aliphatic heterocycles. The lowest BCUT2D eigenvalue weighted by Crippen LogP contribution is -2.15. The number of carbonyl (C=O) groups is 2. The first kappa shape index (κ1) is 23.5. The molecule has 0 aliphatic rings. The van der Waals surface area contributed by atoms with Gasteiger partial charge in [0.05, 0.1) is 29.5 Å². The van der Waals surface area contributed by atoms with Gasteiger partial charge in [0, 0.05) is 29.7 Å². The largest absolute Gasteiger partial charge is 0.487 e. The summed E-state index contributed by atoms with van der Waals surface area (Å²) < 4.78 is 51.0. The van der Waals surface area contributed by atoms with Crippen molar-refractivity contribution in [1.82, 2.24) is 9.97 Å². The molecule has 0 aliphatic carbocycles. The number of nitrogens with zero attached hydrogens (tertiary/aromatic N) is 2. The summed E-state index contributed by atoms with van der Waals surface area (Å²) in [6, 6.07) is 7.42. The summed E-state index contributed by atoms with van der Waals surface area (Å²) in [6.45, 7) is 1.71. The molecule has 8 nitrogen and oxygen atoms in total. The number of carbonyl (C=O) groups excluding carboxylic acids is 2. The Kier molecular flexibility index (Phi) is 7.11. The van der Waals surface area contributed by atoms with E-state index in [1.54, 1.807) is 6.92 Å². The summed E-state index contributed by atoms with van der Waals surface area (Å²) in [4.78, 5) is 31.5. The minimum absolute atomic E-state index is 0.0496. The van der Waals surface area contributed by atoms with Crippen LogP contribution in [0.5, 0.6) is 11.6 Å². The molecule has 0 bridgehead atoms. The SMILES string of the molecule is CCOc1ccc(C(=O)Nc2ccc(C(F)(F)F)c(COc3cncc(C(N)=O)c3)c2)cn1. The van der Waals surface area contributed by atoms with Gasteiger partial charge in [-0.3, -0.25) is 14.6 Å². The maximum absolute atomic E-state index is 13.5. The Bertz CT molecular complexity index is 1150. The minimum atomic E-state index is -4.65. The molecule has 3 N–H and O–H groups in total. The third kappa shape index (κ3) is 6.19. The van der Waals surface area contributed by atoms with Crippen LogP contribution in [0.3, 0.4) is 0 Å². The molecule has 3 rings (SSSR count). The van der Waals surface area contributed by atoms with Crippen molar-refractivity contribution < 1.29 is 32.2 Å². The number of anilines is 1. The van der Waals surface area contributed by atoms with Crippen LogP contribution in [0.1, 0.15) is 38.8 Å². The molecular formula is C22H19F3N4O4. The average Bonchev–Trinajstić information content (AvgIpc) is 2.78. The van der Waals surface area contributed by atoms with Crippen LogP contribution < -0.4 is 20.5 Å².